The smallest absolute Gasteiger partial charge is 0.115 e. The molecule has 0 fully saturated rings. The van der Waals surface area contributed by atoms with Crippen molar-refractivity contribution in [1.82, 2.24) is 15.3 Å². The molecule has 0 radical (unpaired) electrons. The van der Waals surface area contributed by atoms with Gasteiger partial charge in [-0.3, -0.25) is 0 Å². The number of rotatable bonds is 4. The molecule has 4 nitrogen and oxygen atoms in total. The van der Waals surface area contributed by atoms with E-state index in [9.17, 15) is 0 Å². The van der Waals surface area contributed by atoms with E-state index in [1.165, 1.54) is 16.7 Å². The Morgan fingerprint density at radius 2 is 2.05 bits per heavy atom. The third-order valence-corrected chi connectivity index (χ3v) is 4.33. The van der Waals surface area contributed by atoms with E-state index in [0.29, 0.717) is 5.92 Å². The standard InChI is InChI=1S/C17H22N4/c1-2-19-8-13-6-16-12(7-17(13)18)4-3-5-15(16)14-9-20-11-21-10-14/h3-5,9-11,13,17,19H,2,6-8,18H2,1H3. The van der Waals surface area contributed by atoms with E-state index in [4.69, 9.17) is 5.73 Å². The van der Waals surface area contributed by atoms with E-state index < -0.39 is 0 Å². The van der Waals surface area contributed by atoms with Gasteiger partial charge in [0, 0.05) is 24.0 Å². The second-order valence-corrected chi connectivity index (χ2v) is 5.71. The summed E-state index contributed by atoms with van der Waals surface area (Å²) < 4.78 is 0. The Hall–Kier alpha value is -1.78. The lowest BCUT2D eigenvalue weighted by Gasteiger charge is -2.32. The van der Waals surface area contributed by atoms with Crippen LogP contribution >= 0.6 is 0 Å². The summed E-state index contributed by atoms with van der Waals surface area (Å²) in [4.78, 5) is 8.29. The lowest BCUT2D eigenvalue weighted by atomic mass is 9.78. The maximum Gasteiger partial charge on any atom is 0.115 e. The zero-order valence-corrected chi connectivity index (χ0v) is 12.4. The zero-order valence-electron chi connectivity index (χ0n) is 12.4. The monoisotopic (exact) mass is 282 g/mol. The maximum absolute atomic E-state index is 6.36. The van der Waals surface area contributed by atoms with Crippen LogP contribution < -0.4 is 11.1 Å². The van der Waals surface area contributed by atoms with Gasteiger partial charge in [0.1, 0.15) is 6.33 Å². The second kappa shape index (κ2) is 6.33. The van der Waals surface area contributed by atoms with Gasteiger partial charge < -0.3 is 11.1 Å². The average Bonchev–Trinajstić information content (AvgIpc) is 2.53. The number of hydrogen-bond acceptors (Lipinski definition) is 4. The van der Waals surface area contributed by atoms with Gasteiger partial charge in [-0.25, -0.2) is 9.97 Å². The molecule has 1 aromatic heterocycles. The Kier molecular flexibility index (Phi) is 4.27. The molecule has 1 aliphatic carbocycles. The van der Waals surface area contributed by atoms with E-state index in [-0.39, 0.29) is 6.04 Å². The van der Waals surface area contributed by atoms with Crippen LogP contribution in [0.5, 0.6) is 0 Å². The van der Waals surface area contributed by atoms with E-state index in [2.05, 4.69) is 40.4 Å². The van der Waals surface area contributed by atoms with Crippen molar-refractivity contribution in [1.29, 1.82) is 0 Å². The van der Waals surface area contributed by atoms with Crippen LogP contribution in [0, 0.1) is 5.92 Å². The Balaban J connectivity index is 1.95. The molecule has 0 aliphatic heterocycles. The van der Waals surface area contributed by atoms with Crippen molar-refractivity contribution in [2.45, 2.75) is 25.8 Å². The molecule has 4 heteroatoms. The van der Waals surface area contributed by atoms with Gasteiger partial charge in [0.2, 0.25) is 0 Å². The van der Waals surface area contributed by atoms with Gasteiger partial charge in [-0.05, 0) is 48.5 Å². The highest BCUT2D eigenvalue weighted by atomic mass is 14.9. The summed E-state index contributed by atoms with van der Waals surface area (Å²) >= 11 is 0. The molecule has 1 aromatic carbocycles. The van der Waals surface area contributed by atoms with Gasteiger partial charge in [0.15, 0.2) is 0 Å². The highest BCUT2D eigenvalue weighted by Crippen LogP contribution is 2.32. The molecular formula is C17H22N4. The van der Waals surface area contributed by atoms with Gasteiger partial charge in [-0.15, -0.1) is 0 Å². The minimum absolute atomic E-state index is 0.235. The van der Waals surface area contributed by atoms with Crippen LogP contribution in [-0.2, 0) is 12.8 Å². The van der Waals surface area contributed by atoms with Crippen LogP contribution in [0.1, 0.15) is 18.1 Å². The zero-order chi connectivity index (χ0) is 14.7. The minimum Gasteiger partial charge on any atom is -0.327 e. The van der Waals surface area contributed by atoms with Gasteiger partial charge in [-0.2, -0.15) is 0 Å². The third kappa shape index (κ3) is 2.96. The van der Waals surface area contributed by atoms with Crippen LogP contribution in [0.2, 0.25) is 0 Å². The molecule has 0 bridgehead atoms. The Morgan fingerprint density at radius 1 is 1.24 bits per heavy atom. The van der Waals surface area contributed by atoms with Crippen LogP contribution in [0.15, 0.2) is 36.9 Å². The molecule has 0 saturated heterocycles. The second-order valence-electron chi connectivity index (χ2n) is 5.71. The van der Waals surface area contributed by atoms with E-state index in [1.54, 1.807) is 6.33 Å². The molecule has 0 spiro atoms. The fourth-order valence-electron chi connectivity index (χ4n) is 3.16. The van der Waals surface area contributed by atoms with Crippen LogP contribution in [-0.4, -0.2) is 29.1 Å². The van der Waals surface area contributed by atoms with Crippen molar-refractivity contribution < 1.29 is 0 Å². The molecule has 3 rings (SSSR count). The quantitative estimate of drug-likeness (QED) is 0.897. The Labute approximate surface area is 125 Å². The Bertz CT molecular complexity index is 597. The number of nitrogens with two attached hydrogens (primary N) is 1. The molecule has 2 aromatic rings. The first kappa shape index (κ1) is 14.2. The number of aromatic nitrogens is 2. The summed E-state index contributed by atoms with van der Waals surface area (Å²) in [5.74, 6) is 0.489. The van der Waals surface area contributed by atoms with E-state index in [0.717, 1.165) is 31.5 Å². The first-order valence-corrected chi connectivity index (χ1v) is 7.62. The molecule has 110 valence electrons. The van der Waals surface area contributed by atoms with Crippen LogP contribution in [0.4, 0.5) is 0 Å². The van der Waals surface area contributed by atoms with Gasteiger partial charge in [-0.1, -0.05) is 25.1 Å². The summed E-state index contributed by atoms with van der Waals surface area (Å²) in [5, 5.41) is 3.43. The predicted octanol–water partition coefficient (Wildman–Crippen LogP) is 1.80. The van der Waals surface area contributed by atoms with Crippen LogP contribution in [0.3, 0.4) is 0 Å². The minimum atomic E-state index is 0.235. The Morgan fingerprint density at radius 3 is 2.81 bits per heavy atom. The van der Waals surface area contributed by atoms with Crippen molar-refractivity contribution in [3.8, 4) is 11.1 Å². The summed E-state index contributed by atoms with van der Waals surface area (Å²) in [7, 11) is 0. The predicted molar refractivity (Wildman–Crippen MR) is 84.9 cm³/mol. The van der Waals surface area contributed by atoms with E-state index >= 15 is 0 Å². The van der Waals surface area contributed by atoms with Crippen molar-refractivity contribution in [2.24, 2.45) is 11.7 Å². The van der Waals surface area contributed by atoms with Gasteiger partial charge >= 0.3 is 0 Å². The number of nitrogens with zero attached hydrogens (tertiary/aromatic N) is 2. The van der Waals surface area contributed by atoms with Crippen molar-refractivity contribution >= 4 is 0 Å². The van der Waals surface area contributed by atoms with Crippen molar-refractivity contribution in [3.05, 3.63) is 48.0 Å². The number of hydrogen-bond donors (Lipinski definition) is 2. The lowest BCUT2D eigenvalue weighted by Crippen LogP contribution is -2.43. The molecular weight excluding hydrogens is 260 g/mol. The number of fused-ring (bicyclic) bond motifs is 1. The fourth-order valence-corrected chi connectivity index (χ4v) is 3.16. The average molecular weight is 282 g/mol. The largest absolute Gasteiger partial charge is 0.327 e. The molecule has 1 heterocycles. The van der Waals surface area contributed by atoms with Crippen LogP contribution in [0.25, 0.3) is 11.1 Å². The first-order valence-electron chi connectivity index (χ1n) is 7.62. The molecule has 0 amide bonds. The third-order valence-electron chi connectivity index (χ3n) is 4.33. The topological polar surface area (TPSA) is 63.8 Å². The molecule has 1 aliphatic rings. The molecule has 0 saturated carbocycles. The normalized spacial score (nSPS) is 21.0. The lowest BCUT2D eigenvalue weighted by molar-refractivity contribution is 0.375. The maximum atomic E-state index is 6.36. The van der Waals surface area contributed by atoms with Crippen molar-refractivity contribution in [3.63, 3.8) is 0 Å². The molecule has 3 N–H and O–H groups in total. The first-order chi connectivity index (χ1) is 10.3. The molecule has 21 heavy (non-hydrogen) atoms. The van der Waals surface area contributed by atoms with Gasteiger partial charge in [0.25, 0.3) is 0 Å². The number of benzene rings is 1. The van der Waals surface area contributed by atoms with E-state index in [1.807, 2.05) is 12.4 Å². The van der Waals surface area contributed by atoms with Gasteiger partial charge in [0.05, 0.1) is 0 Å². The SMILES string of the molecule is CCNCC1Cc2c(cccc2-c2cncnc2)CC1N. The summed E-state index contributed by atoms with van der Waals surface area (Å²) in [6, 6.07) is 6.71. The fraction of sp³-hybridized carbons (Fsp3) is 0.412. The highest BCUT2D eigenvalue weighted by molar-refractivity contribution is 5.68. The number of nitrogens with one attached hydrogen (secondary N) is 1. The highest BCUT2D eigenvalue weighted by Gasteiger charge is 2.27. The molecule has 2 unspecified atom stereocenters. The molecule has 2 atom stereocenters. The summed E-state index contributed by atoms with van der Waals surface area (Å²) in [6.07, 6.45) is 7.32. The summed E-state index contributed by atoms with van der Waals surface area (Å²) in [6.45, 7) is 4.11. The summed E-state index contributed by atoms with van der Waals surface area (Å²) in [5.41, 5.74) is 11.5. The van der Waals surface area contributed by atoms with Crippen molar-refractivity contribution in [2.75, 3.05) is 13.1 Å².